The minimum absolute atomic E-state index is 0.474. The minimum Gasteiger partial charge on any atom is -0.496 e. The third-order valence-corrected chi connectivity index (χ3v) is 7.50. The summed E-state index contributed by atoms with van der Waals surface area (Å²) in [5.41, 5.74) is 7.86. The van der Waals surface area contributed by atoms with Crippen molar-refractivity contribution < 1.29 is 4.74 Å². The molecule has 0 spiro atoms. The van der Waals surface area contributed by atoms with Crippen LogP contribution in [0.2, 0.25) is 0 Å². The Morgan fingerprint density at radius 3 is 2.52 bits per heavy atom. The molecule has 0 unspecified atom stereocenters. The van der Waals surface area contributed by atoms with E-state index in [2.05, 4.69) is 56.0 Å². The number of hydrogen-bond donors (Lipinski definition) is 3. The molecule has 0 atom stereocenters. The first-order valence-electron chi connectivity index (χ1n) is 12.2. The lowest BCUT2D eigenvalue weighted by Gasteiger charge is -2.39. The van der Waals surface area contributed by atoms with Crippen molar-refractivity contribution in [1.29, 1.82) is 0 Å². The second-order valence-corrected chi connectivity index (χ2v) is 10.2. The maximum absolute atomic E-state index is 5.37. The molecule has 4 rings (SSSR count). The summed E-state index contributed by atoms with van der Waals surface area (Å²) >= 11 is 3.58. The number of ether oxygens (including phenoxy) is 1. The zero-order chi connectivity index (χ0) is 23.2. The van der Waals surface area contributed by atoms with Gasteiger partial charge in [0.2, 0.25) is 5.96 Å². The van der Waals surface area contributed by atoms with Crippen LogP contribution in [0.5, 0.6) is 5.75 Å². The molecule has 0 aromatic heterocycles. The van der Waals surface area contributed by atoms with Gasteiger partial charge in [-0.05, 0) is 79.9 Å². The van der Waals surface area contributed by atoms with Gasteiger partial charge < -0.3 is 19.9 Å². The van der Waals surface area contributed by atoms with Crippen molar-refractivity contribution in [2.75, 3.05) is 39.7 Å². The summed E-state index contributed by atoms with van der Waals surface area (Å²) in [6.45, 7) is 2.24. The molecule has 9 heteroatoms. The van der Waals surface area contributed by atoms with E-state index in [1.165, 1.54) is 38.5 Å². The molecule has 33 heavy (non-hydrogen) atoms. The Morgan fingerprint density at radius 2 is 1.85 bits per heavy atom. The highest BCUT2D eigenvalue weighted by Crippen LogP contribution is 2.28. The van der Waals surface area contributed by atoms with Crippen LogP contribution >= 0.6 is 15.9 Å². The second kappa shape index (κ2) is 11.3. The first-order valence-corrected chi connectivity index (χ1v) is 13.0. The van der Waals surface area contributed by atoms with Gasteiger partial charge in [-0.3, -0.25) is 5.43 Å². The summed E-state index contributed by atoms with van der Waals surface area (Å²) in [7, 11) is 6.02. The minimum atomic E-state index is 0.474. The van der Waals surface area contributed by atoms with E-state index in [0.717, 1.165) is 53.6 Å². The standard InChI is InChI=1S/C24H38BrN7O/c1-30-14-12-20(13-15-30)31(2)24-27-23(26-18-8-6-4-5-7-9-18)17-32(29-24)28-19-10-11-22(33-3)21(25)16-19/h10-11,16-18,20,26,28H,4-9,12-15H2,1-3H3,(H,27,29). The molecule has 0 amide bonds. The summed E-state index contributed by atoms with van der Waals surface area (Å²) in [4.78, 5) is 9.69. The van der Waals surface area contributed by atoms with Gasteiger partial charge in [0.25, 0.3) is 0 Å². The van der Waals surface area contributed by atoms with Gasteiger partial charge in [-0.15, -0.1) is 0 Å². The van der Waals surface area contributed by atoms with E-state index >= 15 is 0 Å². The monoisotopic (exact) mass is 519 g/mol. The molecule has 0 radical (unpaired) electrons. The summed E-state index contributed by atoms with van der Waals surface area (Å²) in [5, 5.41) is 5.63. The average molecular weight is 521 g/mol. The van der Waals surface area contributed by atoms with Crippen molar-refractivity contribution in [2.45, 2.75) is 63.5 Å². The lowest BCUT2D eigenvalue weighted by atomic mass is 10.0. The van der Waals surface area contributed by atoms with Gasteiger partial charge in [-0.25, -0.2) is 5.43 Å². The molecule has 3 N–H and O–H groups in total. The molecule has 2 heterocycles. The number of methoxy groups -OCH3 is 1. The number of hydrazine groups is 2. The van der Waals surface area contributed by atoms with Crippen molar-refractivity contribution in [3.8, 4) is 5.75 Å². The number of nitrogens with zero attached hydrogens (tertiary/aromatic N) is 4. The normalized spacial score (nSPS) is 20.9. The van der Waals surface area contributed by atoms with Crippen molar-refractivity contribution in [2.24, 2.45) is 4.99 Å². The fourth-order valence-corrected chi connectivity index (χ4v) is 5.32. The Labute approximate surface area is 206 Å². The molecule has 1 aromatic rings. The topological polar surface area (TPSA) is 67.4 Å². The number of rotatable bonds is 6. The van der Waals surface area contributed by atoms with Crippen LogP contribution in [0.4, 0.5) is 5.69 Å². The Kier molecular flexibility index (Phi) is 8.25. The number of benzene rings is 1. The van der Waals surface area contributed by atoms with Gasteiger partial charge >= 0.3 is 0 Å². The summed E-state index contributed by atoms with van der Waals surface area (Å²) in [5.74, 6) is 2.57. The Balaban J connectivity index is 1.51. The van der Waals surface area contributed by atoms with Crippen LogP contribution in [-0.2, 0) is 0 Å². The van der Waals surface area contributed by atoms with E-state index in [9.17, 15) is 0 Å². The first kappa shape index (κ1) is 24.0. The zero-order valence-corrected chi connectivity index (χ0v) is 21.7. The lowest BCUT2D eigenvalue weighted by Crippen LogP contribution is -2.55. The van der Waals surface area contributed by atoms with Crippen LogP contribution in [0.1, 0.15) is 51.4 Å². The maximum Gasteiger partial charge on any atom is 0.221 e. The lowest BCUT2D eigenvalue weighted by molar-refractivity contribution is 0.183. The van der Waals surface area contributed by atoms with Crippen LogP contribution in [0.15, 0.2) is 39.7 Å². The van der Waals surface area contributed by atoms with Gasteiger partial charge in [-0.1, -0.05) is 25.7 Å². The van der Waals surface area contributed by atoms with Gasteiger partial charge in [-0.2, -0.15) is 10.1 Å². The number of halogens is 1. The number of nitrogens with one attached hydrogen (secondary N) is 3. The van der Waals surface area contributed by atoms with E-state index in [-0.39, 0.29) is 0 Å². The highest BCUT2D eigenvalue weighted by atomic mass is 79.9. The van der Waals surface area contributed by atoms with E-state index in [1.807, 2.05) is 29.5 Å². The van der Waals surface area contributed by atoms with Crippen LogP contribution in [-0.4, -0.2) is 67.3 Å². The molecule has 0 bridgehead atoms. The van der Waals surface area contributed by atoms with Crippen molar-refractivity contribution in [1.82, 2.24) is 25.7 Å². The number of guanidine groups is 1. The summed E-state index contributed by atoms with van der Waals surface area (Å²) < 4.78 is 6.28. The second-order valence-electron chi connectivity index (χ2n) is 9.37. The fraction of sp³-hybridized carbons (Fsp3) is 0.625. The van der Waals surface area contributed by atoms with Gasteiger partial charge in [0.05, 0.1) is 23.5 Å². The quantitative estimate of drug-likeness (QED) is 0.488. The molecule has 2 fully saturated rings. The summed E-state index contributed by atoms with van der Waals surface area (Å²) in [6, 6.07) is 6.92. The third kappa shape index (κ3) is 6.47. The van der Waals surface area contributed by atoms with E-state index in [1.54, 1.807) is 7.11 Å². The van der Waals surface area contributed by atoms with Crippen LogP contribution in [0.25, 0.3) is 0 Å². The maximum atomic E-state index is 5.37. The smallest absolute Gasteiger partial charge is 0.221 e. The number of aliphatic imine (C=N–C) groups is 1. The zero-order valence-electron chi connectivity index (χ0n) is 20.1. The third-order valence-electron chi connectivity index (χ3n) is 6.88. The molecule has 1 saturated heterocycles. The molecule has 1 saturated carbocycles. The summed E-state index contributed by atoms with van der Waals surface area (Å²) in [6.07, 6.45) is 12.0. The largest absolute Gasteiger partial charge is 0.496 e. The van der Waals surface area contributed by atoms with Gasteiger partial charge in [0.1, 0.15) is 11.6 Å². The van der Waals surface area contributed by atoms with Crippen molar-refractivity contribution >= 4 is 27.6 Å². The number of likely N-dealkylation sites (tertiary alicyclic amines) is 1. The fourth-order valence-electron chi connectivity index (χ4n) is 4.78. The molecular formula is C24H38BrN7O. The van der Waals surface area contributed by atoms with Crippen molar-refractivity contribution in [3.63, 3.8) is 0 Å². The average Bonchev–Trinajstić information content (AvgIpc) is 3.08. The van der Waals surface area contributed by atoms with E-state index in [0.29, 0.717) is 12.1 Å². The SMILES string of the molecule is COc1ccc(NN2C=C(NC3CCCCCC3)N=C(N(C)C3CCN(C)CC3)N2)cc1Br. The Hall–Kier alpha value is -2.13. The molecule has 3 aliphatic rings. The van der Waals surface area contributed by atoms with Crippen molar-refractivity contribution in [3.05, 3.63) is 34.7 Å². The molecule has 182 valence electrons. The predicted octanol–water partition coefficient (Wildman–Crippen LogP) is 4.10. The van der Waals surface area contributed by atoms with E-state index in [4.69, 9.17) is 9.73 Å². The molecule has 1 aliphatic carbocycles. The van der Waals surface area contributed by atoms with Crippen LogP contribution < -0.4 is 20.9 Å². The molecule has 2 aliphatic heterocycles. The van der Waals surface area contributed by atoms with Crippen LogP contribution in [0, 0.1) is 0 Å². The predicted molar refractivity (Wildman–Crippen MR) is 138 cm³/mol. The number of anilines is 1. The molecular weight excluding hydrogens is 482 g/mol. The Bertz CT molecular complexity index is 845. The van der Waals surface area contributed by atoms with E-state index < -0.39 is 0 Å². The number of hydrogen-bond acceptors (Lipinski definition) is 8. The highest BCUT2D eigenvalue weighted by molar-refractivity contribution is 9.10. The van der Waals surface area contributed by atoms with Gasteiger partial charge in [0.15, 0.2) is 0 Å². The Morgan fingerprint density at radius 1 is 1.12 bits per heavy atom. The molecule has 1 aromatic carbocycles. The van der Waals surface area contributed by atoms with Crippen LogP contribution in [0.3, 0.4) is 0 Å². The number of piperidine rings is 1. The highest BCUT2D eigenvalue weighted by Gasteiger charge is 2.26. The molecule has 8 nitrogen and oxygen atoms in total. The first-order chi connectivity index (χ1) is 16.0. The van der Waals surface area contributed by atoms with Gasteiger partial charge in [0, 0.05) is 19.1 Å².